The highest BCUT2D eigenvalue weighted by atomic mass is 79.9. The molecule has 0 saturated carbocycles. The van der Waals surface area contributed by atoms with Crippen LogP contribution in [0.1, 0.15) is 12.5 Å². The molecule has 1 heterocycles. The molecule has 3 rings (SSSR count). The minimum Gasteiger partial charge on any atom is -0.326 e. The van der Waals surface area contributed by atoms with Gasteiger partial charge in [-0.3, -0.25) is 10.2 Å². The molecule has 0 aliphatic carbocycles. The molecule has 5 nitrogen and oxygen atoms in total. The maximum Gasteiger partial charge on any atom is 0.221 e. The van der Waals surface area contributed by atoms with Crippen molar-refractivity contribution in [2.45, 2.75) is 6.92 Å². The van der Waals surface area contributed by atoms with Gasteiger partial charge in [-0.1, -0.05) is 40.2 Å². The van der Waals surface area contributed by atoms with E-state index in [0.717, 1.165) is 27.0 Å². The summed E-state index contributed by atoms with van der Waals surface area (Å²) in [6.45, 7) is 1.49. The Morgan fingerprint density at radius 1 is 1.24 bits per heavy atom. The number of hydrazone groups is 1. The van der Waals surface area contributed by atoms with Gasteiger partial charge in [0.25, 0.3) is 0 Å². The summed E-state index contributed by atoms with van der Waals surface area (Å²) in [7, 11) is 0. The molecule has 25 heavy (non-hydrogen) atoms. The molecule has 2 N–H and O–H groups in total. The number of rotatable bonds is 5. The van der Waals surface area contributed by atoms with E-state index in [1.54, 1.807) is 6.21 Å². The third kappa shape index (κ3) is 4.98. The molecule has 126 valence electrons. The number of aromatic nitrogens is 1. The zero-order valence-electron chi connectivity index (χ0n) is 13.4. The predicted molar refractivity (Wildman–Crippen MR) is 107 cm³/mol. The molecule has 0 bridgehead atoms. The van der Waals surface area contributed by atoms with E-state index in [1.165, 1.54) is 18.3 Å². The number of amides is 1. The first kappa shape index (κ1) is 17.3. The van der Waals surface area contributed by atoms with E-state index in [0.29, 0.717) is 5.13 Å². The van der Waals surface area contributed by atoms with Gasteiger partial charge in [-0.15, -0.1) is 11.3 Å². The third-order valence-electron chi connectivity index (χ3n) is 3.23. The van der Waals surface area contributed by atoms with Crippen LogP contribution in [-0.2, 0) is 4.79 Å². The highest BCUT2D eigenvalue weighted by molar-refractivity contribution is 9.10. The number of carbonyl (C=O) groups is 1. The van der Waals surface area contributed by atoms with E-state index in [9.17, 15) is 4.79 Å². The van der Waals surface area contributed by atoms with Gasteiger partial charge in [0.1, 0.15) is 0 Å². The van der Waals surface area contributed by atoms with Gasteiger partial charge in [0.15, 0.2) is 0 Å². The molecule has 1 aromatic heterocycles. The van der Waals surface area contributed by atoms with Gasteiger partial charge in [-0.05, 0) is 29.8 Å². The first-order chi connectivity index (χ1) is 12.1. The SMILES string of the molecule is CC(=O)Nc1ccc(-c2csc(N/N=C\c3cccc(Br)c3)n2)cc1. The molecular formula is C18H15BrN4OS. The largest absolute Gasteiger partial charge is 0.326 e. The molecule has 0 atom stereocenters. The van der Waals surface area contributed by atoms with Crippen LogP contribution >= 0.6 is 27.3 Å². The Morgan fingerprint density at radius 3 is 2.76 bits per heavy atom. The molecule has 0 aliphatic heterocycles. The van der Waals surface area contributed by atoms with Crippen LogP contribution in [-0.4, -0.2) is 17.1 Å². The molecule has 0 saturated heterocycles. The number of nitrogens with one attached hydrogen (secondary N) is 2. The Bertz CT molecular complexity index is 905. The fourth-order valence-corrected chi connectivity index (χ4v) is 3.22. The number of nitrogens with zero attached hydrogens (tertiary/aromatic N) is 2. The summed E-state index contributed by atoms with van der Waals surface area (Å²) in [5.74, 6) is -0.0869. The van der Waals surface area contributed by atoms with E-state index < -0.39 is 0 Å². The number of thiazole rings is 1. The quantitative estimate of drug-likeness (QED) is 0.457. The molecule has 0 fully saturated rings. The highest BCUT2D eigenvalue weighted by Gasteiger charge is 2.04. The second-order valence-corrected chi connectivity index (χ2v) is 7.00. The monoisotopic (exact) mass is 414 g/mol. The topological polar surface area (TPSA) is 66.4 Å². The summed E-state index contributed by atoms with van der Waals surface area (Å²) in [5.41, 5.74) is 6.55. The van der Waals surface area contributed by atoms with Crippen molar-refractivity contribution in [3.05, 3.63) is 63.9 Å². The molecular weight excluding hydrogens is 400 g/mol. The minimum absolute atomic E-state index is 0.0869. The van der Waals surface area contributed by atoms with Crippen molar-refractivity contribution < 1.29 is 4.79 Å². The lowest BCUT2D eigenvalue weighted by atomic mass is 10.1. The van der Waals surface area contributed by atoms with Gasteiger partial charge in [-0.2, -0.15) is 5.10 Å². The van der Waals surface area contributed by atoms with Gasteiger partial charge in [-0.25, -0.2) is 4.98 Å². The van der Waals surface area contributed by atoms with Crippen molar-refractivity contribution in [3.8, 4) is 11.3 Å². The Hall–Kier alpha value is -2.51. The highest BCUT2D eigenvalue weighted by Crippen LogP contribution is 2.26. The molecule has 0 aliphatic rings. The Balaban J connectivity index is 1.65. The van der Waals surface area contributed by atoms with Crippen molar-refractivity contribution in [2.75, 3.05) is 10.7 Å². The Kier molecular flexibility index (Phi) is 5.57. The molecule has 3 aromatic rings. The zero-order chi connectivity index (χ0) is 17.6. The van der Waals surface area contributed by atoms with Crippen LogP contribution in [0.25, 0.3) is 11.3 Å². The Labute approximate surface area is 157 Å². The van der Waals surface area contributed by atoms with Crippen molar-refractivity contribution >= 4 is 50.2 Å². The van der Waals surface area contributed by atoms with Gasteiger partial charge in [0.2, 0.25) is 11.0 Å². The summed E-state index contributed by atoms with van der Waals surface area (Å²) >= 11 is 4.91. The number of anilines is 2. The number of hydrogen-bond acceptors (Lipinski definition) is 5. The van der Waals surface area contributed by atoms with Gasteiger partial charge < -0.3 is 5.32 Å². The van der Waals surface area contributed by atoms with Gasteiger partial charge in [0.05, 0.1) is 11.9 Å². The van der Waals surface area contributed by atoms with Crippen LogP contribution < -0.4 is 10.7 Å². The summed E-state index contributed by atoms with van der Waals surface area (Å²) in [5, 5.41) is 9.63. The fourth-order valence-electron chi connectivity index (χ4n) is 2.13. The number of benzene rings is 2. The second-order valence-electron chi connectivity index (χ2n) is 5.22. The molecule has 0 spiro atoms. The standard InChI is InChI=1S/C18H15BrN4OS/c1-12(24)21-16-7-5-14(6-8-16)17-11-25-18(22-17)23-20-10-13-3-2-4-15(19)9-13/h2-11H,1H3,(H,21,24)(H,22,23)/b20-10-. The average Bonchev–Trinajstić information content (AvgIpc) is 3.04. The van der Waals surface area contributed by atoms with Crippen LogP contribution in [0, 0.1) is 0 Å². The first-order valence-electron chi connectivity index (χ1n) is 7.48. The van der Waals surface area contributed by atoms with Crippen molar-refractivity contribution in [1.82, 2.24) is 4.98 Å². The summed E-state index contributed by atoms with van der Waals surface area (Å²) in [6, 6.07) is 15.4. The summed E-state index contributed by atoms with van der Waals surface area (Å²) in [4.78, 5) is 15.6. The summed E-state index contributed by atoms with van der Waals surface area (Å²) in [6.07, 6.45) is 1.74. The van der Waals surface area contributed by atoms with Gasteiger partial charge >= 0.3 is 0 Å². The van der Waals surface area contributed by atoms with Crippen LogP contribution in [0.5, 0.6) is 0 Å². The number of halogens is 1. The second kappa shape index (κ2) is 8.04. The van der Waals surface area contributed by atoms with Gasteiger partial charge in [0, 0.05) is 28.0 Å². The van der Waals surface area contributed by atoms with E-state index in [1.807, 2.05) is 53.9 Å². The van der Waals surface area contributed by atoms with Crippen molar-refractivity contribution in [2.24, 2.45) is 5.10 Å². The number of carbonyl (C=O) groups excluding carboxylic acids is 1. The van der Waals surface area contributed by atoms with E-state index >= 15 is 0 Å². The lowest BCUT2D eigenvalue weighted by Gasteiger charge is -2.02. The van der Waals surface area contributed by atoms with Crippen molar-refractivity contribution in [1.29, 1.82) is 0 Å². The smallest absolute Gasteiger partial charge is 0.221 e. The fraction of sp³-hybridized carbons (Fsp3) is 0.0556. The van der Waals surface area contributed by atoms with Crippen molar-refractivity contribution in [3.63, 3.8) is 0 Å². The molecule has 0 radical (unpaired) electrons. The lowest BCUT2D eigenvalue weighted by Crippen LogP contribution is -2.05. The zero-order valence-corrected chi connectivity index (χ0v) is 15.8. The molecule has 1 amide bonds. The molecule has 2 aromatic carbocycles. The normalized spacial score (nSPS) is 10.8. The maximum absolute atomic E-state index is 11.0. The van der Waals surface area contributed by atoms with E-state index in [2.05, 4.69) is 36.8 Å². The summed E-state index contributed by atoms with van der Waals surface area (Å²) < 4.78 is 1.01. The van der Waals surface area contributed by atoms with E-state index in [-0.39, 0.29) is 5.91 Å². The first-order valence-corrected chi connectivity index (χ1v) is 9.15. The molecule has 0 unspecified atom stereocenters. The Morgan fingerprint density at radius 2 is 2.04 bits per heavy atom. The average molecular weight is 415 g/mol. The minimum atomic E-state index is -0.0869. The van der Waals surface area contributed by atoms with Crippen LogP contribution in [0.15, 0.2) is 63.5 Å². The van der Waals surface area contributed by atoms with Crippen LogP contribution in [0.2, 0.25) is 0 Å². The predicted octanol–water partition coefficient (Wildman–Crippen LogP) is 4.98. The maximum atomic E-state index is 11.0. The van der Waals surface area contributed by atoms with Crippen LogP contribution in [0.4, 0.5) is 10.8 Å². The molecule has 7 heteroatoms. The third-order valence-corrected chi connectivity index (χ3v) is 4.47. The van der Waals surface area contributed by atoms with Crippen LogP contribution in [0.3, 0.4) is 0 Å². The lowest BCUT2D eigenvalue weighted by molar-refractivity contribution is -0.114. The number of hydrogen-bond donors (Lipinski definition) is 2. The van der Waals surface area contributed by atoms with E-state index in [4.69, 9.17) is 0 Å².